The van der Waals surface area contributed by atoms with Gasteiger partial charge >= 0.3 is 0 Å². The van der Waals surface area contributed by atoms with Gasteiger partial charge in [0.2, 0.25) is 0 Å². The topological polar surface area (TPSA) is 12.4 Å². The highest BCUT2D eigenvalue weighted by atomic mass is 14.7. The summed E-state index contributed by atoms with van der Waals surface area (Å²) in [6, 6.07) is 10.4. The van der Waals surface area contributed by atoms with E-state index in [1.54, 1.807) is 0 Å². The van der Waals surface area contributed by atoms with Crippen LogP contribution in [0, 0.1) is 5.92 Å². The number of rotatable bonds is 7. The molecule has 1 heteroatoms. The minimum Gasteiger partial charge on any atom is -0.265 e. The monoisotopic (exact) mass is 255 g/mol. The zero-order chi connectivity index (χ0) is 14.1. The molecule has 0 saturated heterocycles. The van der Waals surface area contributed by atoms with Gasteiger partial charge in [0.1, 0.15) is 0 Å². The summed E-state index contributed by atoms with van der Waals surface area (Å²) in [6.45, 7) is 10.3. The summed E-state index contributed by atoms with van der Waals surface area (Å²) < 4.78 is 0. The van der Waals surface area contributed by atoms with E-state index in [9.17, 15) is 0 Å². The van der Waals surface area contributed by atoms with Gasteiger partial charge in [0.15, 0.2) is 0 Å². The zero-order valence-corrected chi connectivity index (χ0v) is 12.4. The fraction of sp³-hybridized carbons (Fsp3) is 0.389. The average Bonchev–Trinajstić information content (AvgIpc) is 2.46. The van der Waals surface area contributed by atoms with Crippen LogP contribution in [0.3, 0.4) is 0 Å². The quantitative estimate of drug-likeness (QED) is 0.450. The van der Waals surface area contributed by atoms with E-state index in [-0.39, 0.29) is 0 Å². The van der Waals surface area contributed by atoms with Crippen LogP contribution < -0.4 is 0 Å². The molecular formula is C18H25N. The normalized spacial score (nSPS) is 14.3. The summed E-state index contributed by atoms with van der Waals surface area (Å²) in [5.41, 5.74) is 3.57. The zero-order valence-electron chi connectivity index (χ0n) is 12.4. The Morgan fingerprint density at radius 1 is 1.26 bits per heavy atom. The van der Waals surface area contributed by atoms with Gasteiger partial charge in [-0.2, -0.15) is 0 Å². The van der Waals surface area contributed by atoms with Crippen LogP contribution in [-0.2, 0) is 0 Å². The molecule has 0 aromatic heterocycles. The molecule has 0 aliphatic heterocycles. The van der Waals surface area contributed by atoms with Crippen molar-refractivity contribution in [1.82, 2.24) is 0 Å². The molecule has 0 bridgehead atoms. The number of nitrogens with zero attached hydrogens (tertiary/aromatic N) is 1. The molecule has 102 valence electrons. The third kappa shape index (κ3) is 5.25. The maximum atomic E-state index is 4.61. The van der Waals surface area contributed by atoms with Gasteiger partial charge in [-0.15, -0.1) is 6.58 Å². The number of aliphatic imine (C=N–C) groups is 1. The Hall–Kier alpha value is -1.63. The SMILES string of the molecule is C=CC(CCCC)C(C)=N/C=C(\C)c1ccccc1. The Morgan fingerprint density at radius 2 is 1.95 bits per heavy atom. The summed E-state index contributed by atoms with van der Waals surface area (Å²) in [4.78, 5) is 4.61. The van der Waals surface area contributed by atoms with Crippen LogP contribution in [0.1, 0.15) is 45.6 Å². The molecule has 0 saturated carbocycles. The van der Waals surface area contributed by atoms with Crippen LogP contribution in [0.4, 0.5) is 0 Å². The fourth-order valence-electron chi connectivity index (χ4n) is 1.99. The van der Waals surface area contributed by atoms with Gasteiger partial charge in [-0.1, -0.05) is 56.2 Å². The van der Waals surface area contributed by atoms with Gasteiger partial charge < -0.3 is 0 Å². The van der Waals surface area contributed by atoms with Gasteiger partial charge in [0, 0.05) is 17.8 Å². The number of hydrogen-bond acceptors (Lipinski definition) is 1. The largest absolute Gasteiger partial charge is 0.265 e. The standard InChI is InChI=1S/C18H25N/c1-5-7-11-17(6-2)16(4)19-14-15(3)18-12-9-8-10-13-18/h6,8-10,12-14,17H,2,5,7,11H2,1,3-4H3/b15-14+,19-16?. The van der Waals surface area contributed by atoms with E-state index in [0.717, 1.165) is 12.1 Å². The van der Waals surface area contributed by atoms with E-state index in [4.69, 9.17) is 0 Å². The molecular weight excluding hydrogens is 230 g/mol. The fourth-order valence-corrected chi connectivity index (χ4v) is 1.99. The number of hydrogen-bond donors (Lipinski definition) is 0. The van der Waals surface area contributed by atoms with Gasteiger partial charge in [-0.3, -0.25) is 4.99 Å². The van der Waals surface area contributed by atoms with Gasteiger partial charge in [0.05, 0.1) is 0 Å². The molecule has 0 aliphatic carbocycles. The molecule has 1 unspecified atom stereocenters. The van der Waals surface area contributed by atoms with E-state index < -0.39 is 0 Å². The van der Waals surface area contributed by atoms with Crippen molar-refractivity contribution in [2.24, 2.45) is 10.9 Å². The van der Waals surface area contributed by atoms with Crippen LogP contribution in [0.2, 0.25) is 0 Å². The Balaban J connectivity index is 2.75. The first kappa shape index (κ1) is 15.4. The second-order valence-electron chi connectivity index (χ2n) is 4.93. The molecule has 0 amide bonds. The lowest BCUT2D eigenvalue weighted by atomic mass is 9.98. The molecule has 0 heterocycles. The minimum absolute atomic E-state index is 0.403. The summed E-state index contributed by atoms with van der Waals surface area (Å²) in [5, 5.41) is 0. The average molecular weight is 255 g/mol. The second-order valence-corrected chi connectivity index (χ2v) is 4.93. The molecule has 0 aliphatic rings. The summed E-state index contributed by atoms with van der Waals surface area (Å²) >= 11 is 0. The highest BCUT2D eigenvalue weighted by molar-refractivity contribution is 5.87. The summed E-state index contributed by atoms with van der Waals surface area (Å²) in [7, 11) is 0. The Kier molecular flexibility index (Phi) is 6.88. The van der Waals surface area contributed by atoms with Crippen molar-refractivity contribution in [3.63, 3.8) is 0 Å². The van der Waals surface area contributed by atoms with Crippen molar-refractivity contribution < 1.29 is 0 Å². The molecule has 0 spiro atoms. The number of benzene rings is 1. The molecule has 1 aromatic rings. The highest BCUT2D eigenvalue weighted by Gasteiger charge is 2.06. The first-order valence-corrected chi connectivity index (χ1v) is 7.08. The van der Waals surface area contributed by atoms with Crippen LogP contribution in [0.5, 0.6) is 0 Å². The van der Waals surface area contributed by atoms with E-state index in [2.05, 4.69) is 56.6 Å². The van der Waals surface area contributed by atoms with Crippen LogP contribution in [0.25, 0.3) is 5.57 Å². The second kappa shape index (κ2) is 8.47. The van der Waals surface area contributed by atoms with Gasteiger partial charge in [-0.25, -0.2) is 0 Å². The van der Waals surface area contributed by atoms with Gasteiger partial charge in [0.25, 0.3) is 0 Å². The van der Waals surface area contributed by atoms with E-state index in [1.807, 2.05) is 18.3 Å². The van der Waals surface area contributed by atoms with Crippen molar-refractivity contribution in [2.45, 2.75) is 40.0 Å². The third-order valence-corrected chi connectivity index (χ3v) is 3.38. The Morgan fingerprint density at radius 3 is 2.53 bits per heavy atom. The van der Waals surface area contributed by atoms with Crippen LogP contribution >= 0.6 is 0 Å². The molecule has 1 nitrogen and oxygen atoms in total. The summed E-state index contributed by atoms with van der Waals surface area (Å²) in [6.07, 6.45) is 7.57. The number of allylic oxidation sites excluding steroid dienone is 2. The van der Waals surface area contributed by atoms with E-state index >= 15 is 0 Å². The van der Waals surface area contributed by atoms with Crippen molar-refractivity contribution in [2.75, 3.05) is 0 Å². The maximum Gasteiger partial charge on any atom is 0.0302 e. The lowest BCUT2D eigenvalue weighted by Gasteiger charge is -2.10. The molecule has 1 rings (SSSR count). The molecule has 1 aromatic carbocycles. The predicted molar refractivity (Wildman–Crippen MR) is 86.4 cm³/mol. The minimum atomic E-state index is 0.403. The third-order valence-electron chi connectivity index (χ3n) is 3.38. The van der Waals surface area contributed by atoms with Crippen molar-refractivity contribution in [3.8, 4) is 0 Å². The highest BCUT2D eigenvalue weighted by Crippen LogP contribution is 2.15. The van der Waals surface area contributed by atoms with Gasteiger partial charge in [-0.05, 0) is 31.4 Å². The molecule has 1 atom stereocenters. The van der Waals surface area contributed by atoms with Crippen LogP contribution in [0.15, 0.2) is 54.2 Å². The van der Waals surface area contributed by atoms with E-state index in [0.29, 0.717) is 5.92 Å². The lowest BCUT2D eigenvalue weighted by Crippen LogP contribution is -2.07. The first-order chi connectivity index (χ1) is 9.19. The van der Waals surface area contributed by atoms with Crippen molar-refractivity contribution in [1.29, 1.82) is 0 Å². The first-order valence-electron chi connectivity index (χ1n) is 7.08. The van der Waals surface area contributed by atoms with E-state index in [1.165, 1.54) is 24.0 Å². The lowest BCUT2D eigenvalue weighted by molar-refractivity contribution is 0.664. The van der Waals surface area contributed by atoms with Crippen molar-refractivity contribution in [3.05, 3.63) is 54.8 Å². The Labute approximate surface area is 117 Å². The van der Waals surface area contributed by atoms with Crippen LogP contribution in [-0.4, -0.2) is 5.71 Å². The smallest absolute Gasteiger partial charge is 0.0302 e. The molecule has 0 radical (unpaired) electrons. The number of unbranched alkanes of at least 4 members (excludes halogenated alkanes) is 1. The van der Waals surface area contributed by atoms with Crippen molar-refractivity contribution >= 4 is 11.3 Å². The molecule has 0 fully saturated rings. The predicted octanol–water partition coefficient (Wildman–Crippen LogP) is 5.50. The summed E-state index contributed by atoms with van der Waals surface area (Å²) in [5.74, 6) is 0.403. The molecule has 19 heavy (non-hydrogen) atoms. The molecule has 0 N–H and O–H groups in total. The Bertz CT molecular complexity index is 440. The maximum absolute atomic E-state index is 4.61.